The summed E-state index contributed by atoms with van der Waals surface area (Å²) in [7, 11) is 2.57. The lowest BCUT2D eigenvalue weighted by atomic mass is 10.2. The van der Waals surface area contributed by atoms with Crippen molar-refractivity contribution in [1.82, 2.24) is 33.6 Å². The Morgan fingerprint density at radius 2 is 0.870 bits per heavy atom. The minimum absolute atomic E-state index is 0.0215. The van der Waals surface area contributed by atoms with Crippen molar-refractivity contribution in [2.24, 2.45) is 0 Å². The molecule has 0 unspecified atom stereocenters. The molecule has 0 atom stereocenters. The number of aromatic carboxylic acids is 1. The van der Waals surface area contributed by atoms with E-state index in [1.54, 1.807) is 122 Å². The second-order valence-corrected chi connectivity index (χ2v) is 26.2. The number of rotatable bonds is 16. The Balaban J connectivity index is 0.000000241. The number of methoxy groups -OCH3 is 2. The van der Waals surface area contributed by atoms with E-state index < -0.39 is 33.4 Å². The van der Waals surface area contributed by atoms with Crippen LogP contribution in [0.25, 0.3) is 0 Å². The number of anilines is 2. The van der Waals surface area contributed by atoms with E-state index in [4.69, 9.17) is 76.6 Å². The zero-order chi connectivity index (χ0) is 84.8. The van der Waals surface area contributed by atoms with Gasteiger partial charge in [-0.2, -0.15) is 0 Å². The average Bonchev–Trinajstić information content (AvgIpc) is 0.847. The molecule has 31 nitrogen and oxygen atoms in total. The summed E-state index contributed by atoms with van der Waals surface area (Å²) < 4.78 is 35.1. The highest BCUT2D eigenvalue weighted by atomic mass is 79.9. The minimum atomic E-state index is -1.02. The summed E-state index contributed by atoms with van der Waals surface area (Å²) in [5.41, 5.74) is 5.65. The number of carbonyl (C=O) groups excluding carboxylic acids is 3. The summed E-state index contributed by atoms with van der Waals surface area (Å²) >= 11 is 26.1. The van der Waals surface area contributed by atoms with Gasteiger partial charge in [0.25, 0.3) is 22.6 Å². The molecule has 8 aromatic heterocycles. The number of nitro groups is 2. The number of nitrogens with one attached hydrogen (secondary N) is 1. The fourth-order valence-electron chi connectivity index (χ4n) is 8.46. The Morgan fingerprint density at radius 1 is 0.478 bits per heavy atom. The average molecular weight is 1720 g/mol. The van der Waals surface area contributed by atoms with E-state index in [0.717, 1.165) is 16.8 Å². The van der Waals surface area contributed by atoms with Gasteiger partial charge < -0.3 is 83.3 Å². The fraction of sp³-hybridized carbons (Fsp3) is 0.139. The molecular weight excluding hydrogens is 1640 g/mol. The number of hydrogen-bond donors (Lipinski definition) is 4. The number of nitrogens with zero attached hydrogens (tertiary/aromatic N) is 9. The summed E-state index contributed by atoms with van der Waals surface area (Å²) in [5.74, 6) is 1.76. The first-order chi connectivity index (χ1) is 54.6. The molecule has 36 heteroatoms. The molecule has 1 amide bonds. The molecule has 0 radical (unpaired) electrons. The number of phenols is 1. The van der Waals surface area contributed by atoms with Crippen molar-refractivity contribution in [3.63, 3.8) is 0 Å². The van der Waals surface area contributed by atoms with Crippen molar-refractivity contribution in [3.05, 3.63) is 352 Å². The van der Waals surface area contributed by atoms with Crippen LogP contribution in [0.1, 0.15) is 101 Å². The number of nitrogen functional groups attached to an aromatic ring is 1. The first-order valence-electron chi connectivity index (χ1n) is 33.4. The Morgan fingerprint density at radius 3 is 1.23 bits per heavy atom. The number of carboxylic acid groups (broad SMARTS) is 1. The van der Waals surface area contributed by atoms with Crippen molar-refractivity contribution < 1.29 is 67.3 Å². The predicted octanol–water partition coefficient (Wildman–Crippen LogP) is 17.6. The quantitative estimate of drug-likeness (QED) is 0.0396. The van der Waals surface area contributed by atoms with Gasteiger partial charge in [0.15, 0.2) is 18.1 Å². The fourth-order valence-corrected chi connectivity index (χ4v) is 9.42. The maximum absolute atomic E-state index is 12.4. The van der Waals surface area contributed by atoms with Crippen LogP contribution in [0, 0.1) is 20.2 Å². The van der Waals surface area contributed by atoms with E-state index in [-0.39, 0.29) is 69.2 Å². The number of carbonyl (C=O) groups is 4. The van der Waals surface area contributed by atoms with Crippen LogP contribution in [0.4, 0.5) is 23.3 Å². The number of nitrogens with two attached hydrogens (primary N) is 1. The van der Waals surface area contributed by atoms with Gasteiger partial charge in [0.1, 0.15) is 52.4 Å². The second-order valence-electron chi connectivity index (χ2n) is 23.5. The van der Waals surface area contributed by atoms with Crippen LogP contribution in [0.2, 0.25) is 20.1 Å². The number of ether oxygens (including phenoxy) is 5. The van der Waals surface area contributed by atoms with E-state index in [2.05, 4.69) is 55.1 Å². The Labute approximate surface area is 683 Å². The van der Waals surface area contributed by atoms with Crippen LogP contribution in [0.5, 0.6) is 40.2 Å². The van der Waals surface area contributed by atoms with Gasteiger partial charge in [-0.05, 0) is 211 Å². The van der Waals surface area contributed by atoms with Crippen LogP contribution in [-0.2, 0) is 9.47 Å². The largest absolute Gasteiger partial charge is 0.508 e. The van der Waals surface area contributed by atoms with Crippen LogP contribution < -0.4 is 47.6 Å². The minimum Gasteiger partial charge on any atom is -0.508 e. The summed E-state index contributed by atoms with van der Waals surface area (Å²) in [6, 6.07) is 50.7. The highest BCUT2D eigenvalue weighted by Crippen LogP contribution is 2.28. The van der Waals surface area contributed by atoms with Gasteiger partial charge in [-0.25, -0.2) is 29.1 Å². The van der Waals surface area contributed by atoms with Crippen LogP contribution in [-0.4, -0.2) is 91.7 Å². The molecule has 598 valence electrons. The molecule has 12 rings (SSSR count). The molecule has 8 heterocycles. The number of aromatic hydroxyl groups is 1. The molecule has 0 saturated carbocycles. The summed E-state index contributed by atoms with van der Waals surface area (Å²) in [6.07, 6.45) is 11.2. The summed E-state index contributed by atoms with van der Waals surface area (Å²) in [6.45, 7) is 11.2. The van der Waals surface area contributed by atoms with E-state index >= 15 is 0 Å². The number of halogens is 5. The molecule has 4 aromatic carbocycles. The van der Waals surface area contributed by atoms with Gasteiger partial charge in [-0.1, -0.05) is 70.7 Å². The molecule has 0 aliphatic heterocycles. The van der Waals surface area contributed by atoms with Gasteiger partial charge in [0.2, 0.25) is 0 Å². The third-order valence-electron chi connectivity index (χ3n) is 14.0. The van der Waals surface area contributed by atoms with Crippen molar-refractivity contribution in [1.29, 1.82) is 0 Å². The van der Waals surface area contributed by atoms with E-state index in [0.29, 0.717) is 77.4 Å². The maximum Gasteiger partial charge on any atom is 0.363 e. The van der Waals surface area contributed by atoms with Gasteiger partial charge >= 0.3 is 35.2 Å². The molecule has 115 heavy (non-hydrogen) atoms. The van der Waals surface area contributed by atoms with E-state index in [9.17, 15) is 58.6 Å². The number of hydrogen-bond acceptors (Lipinski definition) is 24. The molecular formula is C79H72BrCl4N11O20. The lowest BCUT2D eigenvalue weighted by Gasteiger charge is -2.11. The van der Waals surface area contributed by atoms with Gasteiger partial charge in [0, 0.05) is 93.2 Å². The Bertz CT molecular complexity index is 5450. The topological polar surface area (TPSA) is 427 Å². The highest BCUT2D eigenvalue weighted by molar-refractivity contribution is 9.10. The molecule has 12 aromatic rings. The smallest absolute Gasteiger partial charge is 0.363 e. The van der Waals surface area contributed by atoms with Crippen molar-refractivity contribution >= 4 is 109 Å². The van der Waals surface area contributed by atoms with Crippen molar-refractivity contribution in [3.8, 4) is 40.2 Å². The van der Waals surface area contributed by atoms with Crippen LogP contribution in [0.3, 0.4) is 0 Å². The molecule has 0 aliphatic carbocycles. The van der Waals surface area contributed by atoms with E-state index in [1.807, 2.05) is 53.7 Å². The lowest BCUT2D eigenvalue weighted by molar-refractivity contribution is -0.389. The van der Waals surface area contributed by atoms with Crippen molar-refractivity contribution in [2.75, 3.05) is 25.3 Å². The molecule has 0 bridgehead atoms. The third-order valence-corrected chi connectivity index (χ3v) is 15.4. The summed E-state index contributed by atoms with van der Waals surface area (Å²) in [4.78, 5) is 124. The first-order valence-corrected chi connectivity index (χ1v) is 35.7. The SMILES string of the molecule is CC(C)n1cc(C(=O)Nc2ccc(Oc3cccc(Cl)c3)cn2)ccc1=O.CC(C)n1cc(C(=O)O)ccc1=O.COC(=O)c1ccc(=O)n(C(C)C)c1.COC(=O)c1ccc(=O)oc1.Nc1ccc(Oc2cccc(Cl)c2)cn1.O=[N+]([O-])c1ccc(Br)cn1.O=[N+]([O-])c1ccc(Oc2cccc(Cl)c2)cn1.Oc1cccc(Cl)c1. The molecule has 0 saturated heterocycles. The van der Waals surface area contributed by atoms with Crippen LogP contribution in [0.15, 0.2) is 272 Å². The Hall–Kier alpha value is -13.4. The number of esters is 2. The lowest BCUT2D eigenvalue weighted by Crippen LogP contribution is -2.23. The maximum atomic E-state index is 12.4. The van der Waals surface area contributed by atoms with Gasteiger partial charge in [-0.15, -0.1) is 0 Å². The molecule has 5 N–H and O–H groups in total. The van der Waals surface area contributed by atoms with Gasteiger partial charge in [0.05, 0.1) is 53.3 Å². The summed E-state index contributed by atoms with van der Waals surface area (Å²) in [5, 5.41) is 42.9. The monoisotopic (exact) mass is 1710 g/mol. The molecule has 0 fully saturated rings. The number of phenolic OH excluding ortho intramolecular Hbond substituents is 1. The first kappa shape index (κ1) is 92.2. The second kappa shape index (κ2) is 47.1. The Kier molecular flexibility index (Phi) is 37.7. The van der Waals surface area contributed by atoms with Crippen molar-refractivity contribution in [2.45, 2.75) is 59.7 Å². The standard InChI is InChI=1S/C20H18ClN3O3.C11H7ClN2O3.C11H9ClN2O.C10H13NO3.C9H11NO3.C7H6O4.C6H5ClO.C5H3BrN2O2/c1-13(2)24-12-14(6-9-19(24)25)20(26)23-18-8-7-17(11-22-18)27-16-5-3-4-15(21)10-16;12-8-2-1-3-9(6-8)17-10-4-5-11(13-7-10)14(15)16;12-8-2-1-3-9(6-8)15-10-4-5-11(13)14-7-10;1-7(2)11-6-8(10(13)14-3)4-5-9(11)12;1-6(2)10-5-7(9(12)13)3-4-8(10)11;1-10-7(9)5-2-3-6(8)11-4-5;7-5-2-1-3-6(8)4-5;6-4-1-2-5(7-3-4)8(9)10/h3-13H,1-2H3,(H,22,23,26);1-7H;1-7H,(H2,13,14);4-7H,1-3H3;3-6H,1-2H3,(H,12,13);2-4H,1H3;1-4,8H;1-3H. The number of aromatic nitrogens is 7. The molecule has 0 spiro atoms. The number of benzene rings is 4. The predicted molar refractivity (Wildman–Crippen MR) is 436 cm³/mol. The normalized spacial score (nSPS) is 10.0. The highest BCUT2D eigenvalue weighted by Gasteiger charge is 2.14. The van der Waals surface area contributed by atoms with Gasteiger partial charge in [-0.3, -0.25) is 19.2 Å². The molecule has 0 aliphatic rings. The number of pyridine rings is 7. The van der Waals surface area contributed by atoms with E-state index in [1.165, 1.54) is 126 Å². The third kappa shape index (κ3) is 33.2. The van der Waals surface area contributed by atoms with Crippen LogP contribution >= 0.6 is 62.3 Å². The zero-order valence-electron chi connectivity index (χ0n) is 62.1. The number of carboxylic acids is 1. The zero-order valence-corrected chi connectivity index (χ0v) is 66.7. The number of amides is 1.